The van der Waals surface area contributed by atoms with Crippen LogP contribution in [0.4, 0.5) is 10.4 Å². The Bertz CT molecular complexity index is 1200. The van der Waals surface area contributed by atoms with E-state index in [1.807, 2.05) is 6.92 Å². The van der Waals surface area contributed by atoms with Gasteiger partial charge >= 0.3 is 6.01 Å². The summed E-state index contributed by atoms with van der Waals surface area (Å²) < 4.78 is 46.9. The van der Waals surface area contributed by atoms with Gasteiger partial charge in [-0.1, -0.05) is 5.10 Å². The molecule has 0 radical (unpaired) electrons. The lowest BCUT2D eigenvalue weighted by atomic mass is 9.97. The van der Waals surface area contributed by atoms with E-state index < -0.39 is 21.8 Å². The fraction of sp³-hybridized carbons (Fsp3) is 0.368. The Hall–Kier alpha value is -3.12. The van der Waals surface area contributed by atoms with Crippen LogP contribution in [-0.2, 0) is 21.9 Å². The molecule has 1 fully saturated rings. The number of nitrogens with one attached hydrogen (secondary N) is 1. The van der Waals surface area contributed by atoms with Gasteiger partial charge in [-0.05, 0) is 50.1 Å². The number of benzene rings is 1. The molecule has 1 aromatic carbocycles. The van der Waals surface area contributed by atoms with Gasteiger partial charge in [-0.15, -0.1) is 5.10 Å². The topological polar surface area (TPSA) is 123 Å². The van der Waals surface area contributed by atoms with Crippen LogP contribution in [0.5, 0.6) is 0 Å². The largest absolute Gasteiger partial charge is 0.401 e. The van der Waals surface area contributed by atoms with Gasteiger partial charge in [0, 0.05) is 26.1 Å². The zero-order valence-electron chi connectivity index (χ0n) is 16.9. The van der Waals surface area contributed by atoms with Gasteiger partial charge in [0.2, 0.25) is 15.9 Å². The summed E-state index contributed by atoms with van der Waals surface area (Å²) in [7, 11) is -1.98. The van der Waals surface area contributed by atoms with Gasteiger partial charge in [-0.25, -0.2) is 12.8 Å². The van der Waals surface area contributed by atoms with Crippen LogP contribution in [0.1, 0.15) is 18.5 Å². The van der Waals surface area contributed by atoms with Crippen molar-refractivity contribution in [3.8, 4) is 11.6 Å². The SMILES string of the molecule is Cc1cc(-c2nnc(NC(=O)C3CCN(S(=O)(=O)c4ccc(F)cc4)CC3)o2)n(C)n1. The highest BCUT2D eigenvalue weighted by molar-refractivity contribution is 7.89. The van der Waals surface area contributed by atoms with Crippen molar-refractivity contribution >= 4 is 21.9 Å². The molecule has 1 aliphatic heterocycles. The maximum atomic E-state index is 13.1. The highest BCUT2D eigenvalue weighted by Crippen LogP contribution is 2.26. The summed E-state index contributed by atoms with van der Waals surface area (Å²) in [4.78, 5) is 12.6. The van der Waals surface area contributed by atoms with Crippen LogP contribution in [0.15, 0.2) is 39.6 Å². The van der Waals surface area contributed by atoms with Gasteiger partial charge in [-0.2, -0.15) is 9.40 Å². The number of carbonyl (C=O) groups excluding carboxylic acids is 1. The molecule has 0 unspecified atom stereocenters. The average molecular weight is 448 g/mol. The molecule has 0 saturated carbocycles. The number of aromatic nitrogens is 4. The van der Waals surface area contributed by atoms with Gasteiger partial charge in [0.05, 0.1) is 10.6 Å². The van der Waals surface area contributed by atoms with E-state index in [9.17, 15) is 17.6 Å². The summed E-state index contributed by atoms with van der Waals surface area (Å²) in [6, 6.07) is 6.45. The van der Waals surface area contributed by atoms with E-state index in [-0.39, 0.29) is 35.8 Å². The molecule has 1 aliphatic rings. The zero-order chi connectivity index (χ0) is 22.2. The third kappa shape index (κ3) is 4.35. The van der Waals surface area contributed by atoms with Crippen LogP contribution in [-0.4, -0.2) is 51.7 Å². The lowest BCUT2D eigenvalue weighted by Crippen LogP contribution is -2.41. The van der Waals surface area contributed by atoms with Crippen molar-refractivity contribution in [3.63, 3.8) is 0 Å². The third-order valence-electron chi connectivity index (χ3n) is 5.15. The molecular weight excluding hydrogens is 427 g/mol. The number of rotatable bonds is 5. The van der Waals surface area contributed by atoms with Crippen LogP contribution in [0.25, 0.3) is 11.6 Å². The number of hydrogen-bond acceptors (Lipinski definition) is 7. The minimum atomic E-state index is -3.73. The molecular formula is C19H21FN6O4S. The normalized spacial score (nSPS) is 15.8. The first kappa shape index (κ1) is 21.1. The molecule has 3 heterocycles. The van der Waals surface area contributed by atoms with Crippen LogP contribution in [0, 0.1) is 18.7 Å². The molecule has 0 spiro atoms. The van der Waals surface area contributed by atoms with E-state index in [1.54, 1.807) is 17.8 Å². The maximum absolute atomic E-state index is 13.1. The number of hydrogen-bond donors (Lipinski definition) is 1. The number of sulfonamides is 1. The Labute approximate surface area is 178 Å². The smallest absolute Gasteiger partial charge is 0.322 e. The highest BCUT2D eigenvalue weighted by Gasteiger charge is 2.32. The van der Waals surface area contributed by atoms with E-state index in [0.717, 1.165) is 17.8 Å². The Morgan fingerprint density at radius 3 is 2.48 bits per heavy atom. The fourth-order valence-corrected chi connectivity index (χ4v) is 4.98. The van der Waals surface area contributed by atoms with Crippen LogP contribution < -0.4 is 5.32 Å². The first-order valence-corrected chi connectivity index (χ1v) is 11.1. The molecule has 1 N–H and O–H groups in total. The van der Waals surface area contributed by atoms with Gasteiger partial charge in [0.1, 0.15) is 11.5 Å². The molecule has 1 amide bonds. The maximum Gasteiger partial charge on any atom is 0.322 e. The molecule has 164 valence electrons. The number of aryl methyl sites for hydroxylation is 2. The molecule has 2 aromatic heterocycles. The third-order valence-corrected chi connectivity index (χ3v) is 7.07. The Kier molecular flexibility index (Phi) is 5.58. The second-order valence-corrected chi connectivity index (χ2v) is 9.27. The van der Waals surface area contributed by atoms with Crippen molar-refractivity contribution in [1.29, 1.82) is 0 Å². The Morgan fingerprint density at radius 2 is 1.87 bits per heavy atom. The predicted molar refractivity (Wildman–Crippen MR) is 108 cm³/mol. The van der Waals surface area contributed by atoms with E-state index in [1.165, 1.54) is 16.4 Å². The van der Waals surface area contributed by atoms with Gasteiger partial charge < -0.3 is 4.42 Å². The summed E-state index contributed by atoms with van der Waals surface area (Å²) in [6.07, 6.45) is 0.683. The minimum Gasteiger partial charge on any atom is -0.401 e. The Morgan fingerprint density at radius 1 is 1.19 bits per heavy atom. The summed E-state index contributed by atoms with van der Waals surface area (Å²) in [5.74, 6) is -0.972. The second kappa shape index (κ2) is 8.19. The predicted octanol–water partition coefficient (Wildman–Crippen LogP) is 1.96. The van der Waals surface area contributed by atoms with Crippen LogP contribution in [0.2, 0.25) is 0 Å². The standard InChI is InChI=1S/C19H21FN6O4S/c1-12-11-16(25(2)24-12)18-22-23-19(30-18)21-17(27)13-7-9-26(10-8-13)31(28,29)15-5-3-14(20)4-6-15/h3-6,11,13H,7-10H2,1-2H3,(H,21,23,27). The average Bonchev–Trinajstić information content (AvgIpc) is 3.33. The van der Waals surface area contributed by atoms with E-state index >= 15 is 0 Å². The number of nitrogens with zero attached hydrogens (tertiary/aromatic N) is 5. The van der Waals surface area contributed by atoms with Crippen molar-refractivity contribution < 1.29 is 22.0 Å². The summed E-state index contributed by atoms with van der Waals surface area (Å²) in [5.41, 5.74) is 1.42. The monoisotopic (exact) mass is 448 g/mol. The van der Waals surface area contributed by atoms with E-state index in [4.69, 9.17) is 4.42 Å². The van der Waals surface area contributed by atoms with Crippen molar-refractivity contribution in [1.82, 2.24) is 24.3 Å². The quantitative estimate of drug-likeness (QED) is 0.633. The Balaban J connectivity index is 1.37. The first-order valence-electron chi connectivity index (χ1n) is 9.65. The molecule has 1 saturated heterocycles. The number of anilines is 1. The molecule has 31 heavy (non-hydrogen) atoms. The number of piperidine rings is 1. The number of halogens is 1. The lowest BCUT2D eigenvalue weighted by molar-refractivity contribution is -0.121. The van der Waals surface area contributed by atoms with Gasteiger partial charge in [0.25, 0.3) is 5.89 Å². The molecule has 0 atom stereocenters. The molecule has 0 bridgehead atoms. The van der Waals surface area contributed by atoms with E-state index in [0.29, 0.717) is 18.5 Å². The molecule has 4 rings (SSSR count). The zero-order valence-corrected chi connectivity index (χ0v) is 17.8. The van der Waals surface area contributed by atoms with Gasteiger partial charge in [0.15, 0.2) is 0 Å². The highest BCUT2D eigenvalue weighted by atomic mass is 32.2. The first-order chi connectivity index (χ1) is 14.7. The fourth-order valence-electron chi connectivity index (χ4n) is 3.51. The van der Waals surface area contributed by atoms with Crippen molar-refractivity contribution in [2.24, 2.45) is 13.0 Å². The molecule has 10 nitrogen and oxygen atoms in total. The van der Waals surface area contributed by atoms with Crippen LogP contribution in [0.3, 0.4) is 0 Å². The summed E-state index contributed by atoms with van der Waals surface area (Å²) >= 11 is 0. The van der Waals surface area contributed by atoms with Crippen molar-refractivity contribution in [2.45, 2.75) is 24.7 Å². The van der Waals surface area contributed by atoms with Crippen molar-refractivity contribution in [3.05, 3.63) is 41.8 Å². The second-order valence-electron chi connectivity index (χ2n) is 7.33. The molecule has 0 aliphatic carbocycles. The summed E-state index contributed by atoms with van der Waals surface area (Å²) in [6.45, 7) is 2.20. The van der Waals surface area contributed by atoms with Crippen LogP contribution >= 0.6 is 0 Å². The summed E-state index contributed by atoms with van der Waals surface area (Å²) in [5, 5.41) is 14.6. The van der Waals surface area contributed by atoms with E-state index in [2.05, 4.69) is 20.6 Å². The number of carbonyl (C=O) groups is 1. The minimum absolute atomic E-state index is 0.0276. The lowest BCUT2D eigenvalue weighted by Gasteiger charge is -2.30. The van der Waals surface area contributed by atoms with Gasteiger partial charge in [-0.3, -0.25) is 14.8 Å². The molecule has 12 heteroatoms. The molecule has 3 aromatic rings. The number of amides is 1. The van der Waals surface area contributed by atoms with Crippen molar-refractivity contribution in [2.75, 3.05) is 18.4 Å².